The minimum Gasteiger partial charge on any atom is -0.781 e. The molecule has 0 N–H and O–H groups in total. The molecule has 26 heavy (non-hydrogen) atoms. The van der Waals surface area contributed by atoms with Gasteiger partial charge in [-0.25, -0.2) is 0 Å². The summed E-state index contributed by atoms with van der Waals surface area (Å²) in [5, 5.41) is 16.3. The molecule has 0 saturated heterocycles. The molecule has 0 amide bonds. The van der Waals surface area contributed by atoms with E-state index < -0.39 is 19.3 Å². The molecule has 5 nitrogen and oxygen atoms in total. The van der Waals surface area contributed by atoms with E-state index in [1.165, 1.54) is 31.2 Å². The first-order chi connectivity index (χ1) is 12.7. The van der Waals surface area contributed by atoms with Gasteiger partial charge in [-0.05, 0) is 92.0 Å². The molecule has 6 heteroatoms. The summed E-state index contributed by atoms with van der Waals surface area (Å²) in [6.45, 7) is 0. The maximum absolute atomic E-state index is 12.2. The minimum absolute atomic E-state index is 0.0961. The number of alkyl halides is 1. The maximum atomic E-state index is 12.2. The van der Waals surface area contributed by atoms with Crippen LogP contribution in [0.3, 0.4) is 0 Å². The van der Waals surface area contributed by atoms with Crippen LogP contribution in [0.15, 0.2) is 29.4 Å². The Morgan fingerprint density at radius 2 is 1.46 bits per heavy atom. The number of halogens is 1. The molecule has 2 aliphatic carbocycles. The Labute approximate surface area is 161 Å². The van der Waals surface area contributed by atoms with Crippen molar-refractivity contribution < 1.29 is 3.07 Å². The molecule has 1 aliphatic heterocycles. The number of rotatable bonds is 5. The number of hydrogen-bond acceptors (Lipinski definition) is 5. The molecular formula is C20H26IN2O3-. The van der Waals surface area contributed by atoms with Gasteiger partial charge in [0.2, 0.25) is 0 Å². The second-order valence-electron chi connectivity index (χ2n) is 8.02. The Kier molecular flexibility index (Phi) is 5.71. The van der Waals surface area contributed by atoms with Gasteiger partial charge < -0.3 is 10.3 Å². The van der Waals surface area contributed by atoms with E-state index in [1.807, 2.05) is 12.1 Å². The van der Waals surface area contributed by atoms with Crippen molar-refractivity contribution >= 4 is 28.7 Å². The lowest BCUT2D eigenvalue weighted by Gasteiger charge is -2.42. The van der Waals surface area contributed by atoms with E-state index >= 15 is 0 Å². The van der Waals surface area contributed by atoms with Crippen LogP contribution in [0, 0.1) is 22.0 Å². The molecule has 3 aliphatic rings. The van der Waals surface area contributed by atoms with Crippen molar-refractivity contribution in [3.8, 4) is 0 Å². The van der Waals surface area contributed by atoms with E-state index in [0.717, 1.165) is 46.2 Å². The SMILES string of the molecule is O=Nc1ccc(C2CCC(C3CCC(N([O-])C4=I(=O)C4)CC3)CC2)cc1. The van der Waals surface area contributed by atoms with Crippen LogP contribution in [0.25, 0.3) is 0 Å². The summed E-state index contributed by atoms with van der Waals surface area (Å²) < 4.78 is 12.8. The van der Waals surface area contributed by atoms with Crippen molar-refractivity contribution in [3.63, 3.8) is 0 Å². The first-order valence-corrected chi connectivity index (χ1v) is 13.2. The van der Waals surface area contributed by atoms with Gasteiger partial charge in [-0.3, -0.25) is 3.07 Å². The topological polar surface area (TPSA) is 72.8 Å². The average molecular weight is 469 g/mol. The van der Waals surface area contributed by atoms with Crippen molar-refractivity contribution in [1.29, 1.82) is 0 Å². The zero-order valence-corrected chi connectivity index (χ0v) is 17.1. The Bertz CT molecular complexity index is 726. The van der Waals surface area contributed by atoms with Crippen LogP contribution in [0.2, 0.25) is 0 Å². The molecule has 0 atom stereocenters. The second-order valence-corrected chi connectivity index (χ2v) is 11.9. The second kappa shape index (κ2) is 8.02. The molecule has 0 bridgehead atoms. The number of benzene rings is 1. The van der Waals surface area contributed by atoms with E-state index in [-0.39, 0.29) is 6.04 Å². The highest BCUT2D eigenvalue weighted by molar-refractivity contribution is 14.2. The number of nitroso groups, excluding NO2 is 1. The molecule has 142 valence electrons. The maximum Gasteiger partial charge on any atom is 0.108 e. The van der Waals surface area contributed by atoms with Crippen molar-refractivity contribution in [2.45, 2.75) is 63.3 Å². The van der Waals surface area contributed by atoms with E-state index in [2.05, 4.69) is 17.3 Å². The predicted octanol–water partition coefficient (Wildman–Crippen LogP) is 5.71. The van der Waals surface area contributed by atoms with Crippen molar-refractivity contribution in [2.24, 2.45) is 17.0 Å². The third kappa shape index (κ3) is 4.02. The highest BCUT2D eigenvalue weighted by Crippen LogP contribution is 2.44. The quantitative estimate of drug-likeness (QED) is 0.240. The monoisotopic (exact) mass is 469 g/mol. The molecule has 4 rings (SSSR count). The van der Waals surface area contributed by atoms with Crippen LogP contribution in [0.4, 0.5) is 5.69 Å². The zero-order valence-electron chi connectivity index (χ0n) is 15.0. The highest BCUT2D eigenvalue weighted by Gasteiger charge is 2.33. The summed E-state index contributed by atoms with van der Waals surface area (Å²) in [5.74, 6) is 2.15. The average Bonchev–Trinajstić information content (AvgIpc) is 3.44. The summed E-state index contributed by atoms with van der Waals surface area (Å²) in [7, 11) is 0. The normalized spacial score (nSPS) is 32.6. The largest absolute Gasteiger partial charge is 0.781 e. The van der Waals surface area contributed by atoms with Crippen molar-refractivity contribution in [2.75, 3.05) is 4.43 Å². The van der Waals surface area contributed by atoms with E-state index in [0.29, 0.717) is 16.0 Å². The van der Waals surface area contributed by atoms with Crippen LogP contribution in [-0.4, -0.2) is 19.2 Å². The lowest BCUT2D eigenvalue weighted by Crippen LogP contribution is -2.37. The predicted molar refractivity (Wildman–Crippen MR) is 112 cm³/mol. The zero-order chi connectivity index (χ0) is 18.1. The Balaban J connectivity index is 1.26. The first kappa shape index (κ1) is 18.5. The van der Waals surface area contributed by atoms with Crippen LogP contribution >= 0.6 is 19.3 Å². The third-order valence-corrected chi connectivity index (χ3v) is 9.36. The summed E-state index contributed by atoms with van der Waals surface area (Å²) in [5.41, 5.74) is 1.84. The fourth-order valence-electron chi connectivity index (χ4n) is 4.96. The summed E-state index contributed by atoms with van der Waals surface area (Å²) in [6, 6.07) is 7.84. The standard InChI is InChI=1S/C20H26IN2O3/c24-21-13-20(21)23(26)19-11-7-17(8-12-19)15-3-1-14(2-4-15)16-5-9-18(22-25)10-6-16/h5-6,9-10,14-15,17,19H,1-4,7-8,11-13H2/q-1. The molecule has 0 unspecified atom stereocenters. The smallest absolute Gasteiger partial charge is 0.108 e. The Hall–Kier alpha value is -0.860. The molecule has 1 aromatic carbocycles. The van der Waals surface area contributed by atoms with Crippen molar-refractivity contribution in [1.82, 2.24) is 5.06 Å². The summed E-state index contributed by atoms with van der Waals surface area (Å²) in [6.07, 6.45) is 9.22. The van der Waals surface area contributed by atoms with Gasteiger partial charge in [0, 0.05) is 6.04 Å². The molecular weight excluding hydrogens is 443 g/mol. The Morgan fingerprint density at radius 3 is 1.96 bits per heavy atom. The molecule has 2 saturated carbocycles. The number of hydroxylamine groups is 2. The molecule has 0 radical (unpaired) electrons. The molecule has 0 spiro atoms. The summed E-state index contributed by atoms with van der Waals surface area (Å²) >= 11 is -2.12. The van der Waals surface area contributed by atoms with Gasteiger partial charge in [0.1, 0.15) is 25.0 Å². The van der Waals surface area contributed by atoms with Crippen LogP contribution in [0.5, 0.6) is 0 Å². The van der Waals surface area contributed by atoms with Gasteiger partial charge in [-0.1, -0.05) is 12.1 Å². The van der Waals surface area contributed by atoms with E-state index in [1.54, 1.807) is 0 Å². The molecule has 2 fully saturated rings. The third-order valence-electron chi connectivity index (χ3n) is 6.62. The lowest BCUT2D eigenvalue weighted by molar-refractivity contribution is 0.154. The van der Waals surface area contributed by atoms with Gasteiger partial charge in [0.25, 0.3) is 0 Å². The number of nitrogens with zero attached hydrogens (tertiary/aromatic N) is 2. The van der Waals surface area contributed by atoms with Gasteiger partial charge in [-0.2, -0.15) is 0 Å². The fraction of sp³-hybridized carbons (Fsp3) is 0.650. The van der Waals surface area contributed by atoms with Crippen molar-refractivity contribution in [3.05, 3.63) is 39.9 Å². The summed E-state index contributed by atoms with van der Waals surface area (Å²) in [4.78, 5) is 10.5. The lowest BCUT2D eigenvalue weighted by atomic mass is 9.69. The highest BCUT2D eigenvalue weighted by atomic mass is 127. The fourth-order valence-corrected chi connectivity index (χ4v) is 7.44. The van der Waals surface area contributed by atoms with E-state index in [4.69, 9.17) is 0 Å². The molecule has 0 aromatic heterocycles. The van der Waals surface area contributed by atoms with Crippen LogP contribution < -0.4 is 0 Å². The van der Waals surface area contributed by atoms with Gasteiger partial charge >= 0.3 is 0 Å². The van der Waals surface area contributed by atoms with Gasteiger partial charge in [-0.15, -0.1) is 4.91 Å². The Morgan fingerprint density at radius 1 is 0.923 bits per heavy atom. The van der Waals surface area contributed by atoms with Crippen LogP contribution in [-0.2, 0) is 3.07 Å². The van der Waals surface area contributed by atoms with E-state index in [9.17, 15) is 13.2 Å². The van der Waals surface area contributed by atoms with Crippen LogP contribution in [0.1, 0.15) is 62.8 Å². The molecule has 1 heterocycles. The first-order valence-electron chi connectivity index (χ1n) is 9.74. The number of hydrogen-bond donors (Lipinski definition) is 0. The van der Waals surface area contributed by atoms with Gasteiger partial charge in [0.15, 0.2) is 0 Å². The minimum atomic E-state index is -2.12. The molecule has 1 aromatic rings. The van der Waals surface area contributed by atoms with Gasteiger partial charge in [0.05, 0.1) is 8.06 Å².